The van der Waals surface area contributed by atoms with Crippen molar-refractivity contribution in [3.63, 3.8) is 0 Å². The zero-order valence-electron chi connectivity index (χ0n) is 15.7. The van der Waals surface area contributed by atoms with Crippen LogP contribution in [0, 0.1) is 0 Å². The van der Waals surface area contributed by atoms with Crippen molar-refractivity contribution in [3.05, 3.63) is 57.5 Å². The summed E-state index contributed by atoms with van der Waals surface area (Å²) in [6.45, 7) is 4.39. The summed E-state index contributed by atoms with van der Waals surface area (Å²) in [5.41, 5.74) is 2.08. The number of amides is 2. The maximum atomic E-state index is 12.5. The van der Waals surface area contributed by atoms with E-state index in [4.69, 9.17) is 23.8 Å². The van der Waals surface area contributed by atoms with Gasteiger partial charge in [-0.3, -0.25) is 14.9 Å². The third-order valence-electron chi connectivity index (χ3n) is 4.62. The second-order valence-corrected chi connectivity index (χ2v) is 8.27. The van der Waals surface area contributed by atoms with Gasteiger partial charge in [-0.25, -0.2) is 0 Å². The molecule has 1 saturated heterocycles. The Labute approximate surface area is 188 Å². The highest BCUT2D eigenvalue weighted by atomic mass is 79.9. The molecule has 0 saturated carbocycles. The summed E-state index contributed by atoms with van der Waals surface area (Å²) in [5, 5.41) is 6.29. The van der Waals surface area contributed by atoms with Crippen molar-refractivity contribution in [2.24, 2.45) is 0 Å². The number of para-hydroxylation sites is 2. The van der Waals surface area contributed by atoms with Crippen molar-refractivity contribution in [3.8, 4) is 0 Å². The van der Waals surface area contributed by atoms with Crippen LogP contribution >= 0.6 is 39.7 Å². The molecule has 0 aromatic heterocycles. The highest BCUT2D eigenvalue weighted by molar-refractivity contribution is 9.10. The van der Waals surface area contributed by atoms with Gasteiger partial charge in [0.15, 0.2) is 5.11 Å². The average Bonchev–Trinajstić information content (AvgIpc) is 2.70. The molecule has 2 aromatic carbocycles. The Kier molecular flexibility index (Phi) is 7.10. The molecule has 2 aromatic rings. The van der Waals surface area contributed by atoms with Gasteiger partial charge in [0.1, 0.15) is 0 Å². The van der Waals surface area contributed by atoms with Gasteiger partial charge in [0.25, 0.3) is 5.91 Å². The molecular formula is C20H20BrClN4O2S. The van der Waals surface area contributed by atoms with E-state index >= 15 is 0 Å². The Balaban J connectivity index is 1.68. The van der Waals surface area contributed by atoms with E-state index in [9.17, 15) is 9.59 Å². The van der Waals surface area contributed by atoms with Crippen molar-refractivity contribution < 1.29 is 9.59 Å². The maximum absolute atomic E-state index is 12.5. The van der Waals surface area contributed by atoms with Crippen molar-refractivity contribution in [2.45, 2.75) is 6.92 Å². The van der Waals surface area contributed by atoms with E-state index in [0.29, 0.717) is 23.7 Å². The standard InChI is InChI=1S/C20H20BrClN4O2S/c1-13(27)25-8-10-26(11-9-25)18-5-3-2-4-17(18)23-20(29)24-19(28)15-12-14(21)6-7-16(15)22/h2-7,12H,8-11H2,1H3,(H2,23,24,28,29). The highest BCUT2D eigenvalue weighted by Gasteiger charge is 2.21. The minimum Gasteiger partial charge on any atom is -0.366 e. The molecule has 0 bridgehead atoms. The molecule has 29 heavy (non-hydrogen) atoms. The molecule has 0 spiro atoms. The third kappa shape index (κ3) is 5.46. The number of rotatable bonds is 3. The first-order valence-corrected chi connectivity index (χ1v) is 10.6. The molecular weight excluding hydrogens is 476 g/mol. The van der Waals surface area contributed by atoms with Crippen LogP contribution in [0.5, 0.6) is 0 Å². The molecule has 1 aliphatic rings. The van der Waals surface area contributed by atoms with Crippen molar-refractivity contribution in [1.82, 2.24) is 10.2 Å². The first-order valence-electron chi connectivity index (χ1n) is 9.02. The summed E-state index contributed by atoms with van der Waals surface area (Å²) >= 11 is 14.8. The summed E-state index contributed by atoms with van der Waals surface area (Å²) < 4.78 is 0.751. The largest absolute Gasteiger partial charge is 0.366 e. The van der Waals surface area contributed by atoms with Crippen LogP contribution in [0.4, 0.5) is 11.4 Å². The predicted octanol–water partition coefficient (Wildman–Crippen LogP) is 3.90. The van der Waals surface area contributed by atoms with Crippen LogP contribution in [0.1, 0.15) is 17.3 Å². The smallest absolute Gasteiger partial charge is 0.258 e. The van der Waals surface area contributed by atoms with E-state index in [1.165, 1.54) is 0 Å². The van der Waals surface area contributed by atoms with Gasteiger partial charge in [-0.1, -0.05) is 39.7 Å². The molecule has 1 aliphatic heterocycles. The summed E-state index contributed by atoms with van der Waals surface area (Å²) in [7, 11) is 0. The van der Waals surface area contributed by atoms with Crippen LogP contribution in [-0.4, -0.2) is 48.0 Å². The molecule has 6 nitrogen and oxygen atoms in total. The molecule has 2 amide bonds. The fourth-order valence-corrected chi connectivity index (χ4v) is 3.88. The first-order chi connectivity index (χ1) is 13.8. The van der Waals surface area contributed by atoms with Crippen LogP contribution in [-0.2, 0) is 4.79 Å². The number of nitrogens with one attached hydrogen (secondary N) is 2. The minimum absolute atomic E-state index is 0.0890. The van der Waals surface area contributed by atoms with Crippen molar-refractivity contribution in [2.75, 3.05) is 36.4 Å². The van der Waals surface area contributed by atoms with Crippen LogP contribution in [0.15, 0.2) is 46.9 Å². The fraction of sp³-hybridized carbons (Fsp3) is 0.250. The number of benzene rings is 2. The van der Waals surface area contributed by atoms with E-state index in [2.05, 4.69) is 31.5 Å². The Morgan fingerprint density at radius 2 is 1.79 bits per heavy atom. The van der Waals surface area contributed by atoms with Gasteiger partial charge < -0.3 is 15.1 Å². The number of piperazine rings is 1. The Morgan fingerprint density at radius 3 is 2.48 bits per heavy atom. The molecule has 9 heteroatoms. The van der Waals surface area contributed by atoms with Gasteiger partial charge in [-0.05, 0) is 42.5 Å². The predicted molar refractivity (Wildman–Crippen MR) is 124 cm³/mol. The van der Waals surface area contributed by atoms with Crippen LogP contribution < -0.4 is 15.5 Å². The number of thiocarbonyl (C=S) groups is 1. The summed E-state index contributed by atoms with van der Waals surface area (Å²) in [4.78, 5) is 28.1. The Hall–Kier alpha value is -2.16. The Morgan fingerprint density at radius 1 is 1.10 bits per heavy atom. The number of nitrogens with zero attached hydrogens (tertiary/aromatic N) is 2. The summed E-state index contributed by atoms with van der Waals surface area (Å²) in [6.07, 6.45) is 0. The molecule has 152 valence electrons. The zero-order valence-corrected chi connectivity index (χ0v) is 18.9. The molecule has 0 unspecified atom stereocenters. The number of anilines is 2. The second kappa shape index (κ2) is 9.56. The lowest BCUT2D eigenvalue weighted by Crippen LogP contribution is -2.48. The average molecular weight is 496 g/mol. The third-order valence-corrected chi connectivity index (χ3v) is 5.64. The minimum atomic E-state index is -0.388. The maximum Gasteiger partial charge on any atom is 0.258 e. The van der Waals surface area contributed by atoms with Crippen molar-refractivity contribution in [1.29, 1.82) is 0 Å². The molecule has 0 atom stereocenters. The molecule has 2 N–H and O–H groups in total. The first kappa shape index (κ1) is 21.5. The van der Waals surface area contributed by atoms with E-state index in [1.54, 1.807) is 25.1 Å². The molecule has 1 fully saturated rings. The van der Waals surface area contributed by atoms with Gasteiger partial charge in [0.2, 0.25) is 5.91 Å². The lowest BCUT2D eigenvalue weighted by molar-refractivity contribution is -0.129. The molecule has 3 rings (SSSR count). The monoisotopic (exact) mass is 494 g/mol. The summed E-state index contributed by atoms with van der Waals surface area (Å²) in [6, 6.07) is 12.8. The molecule has 1 heterocycles. The van der Waals surface area contributed by atoms with Crippen molar-refractivity contribution >= 4 is 68.1 Å². The van der Waals surface area contributed by atoms with Gasteiger partial charge in [0.05, 0.1) is 22.0 Å². The van der Waals surface area contributed by atoms with E-state index in [-0.39, 0.29) is 16.9 Å². The highest BCUT2D eigenvalue weighted by Crippen LogP contribution is 2.27. The summed E-state index contributed by atoms with van der Waals surface area (Å²) in [5.74, 6) is -0.299. The topological polar surface area (TPSA) is 64.7 Å². The van der Waals surface area contributed by atoms with Gasteiger partial charge in [-0.2, -0.15) is 0 Å². The normalized spacial score (nSPS) is 13.8. The Bertz CT molecular complexity index is 948. The van der Waals surface area contributed by atoms with Crippen LogP contribution in [0.2, 0.25) is 5.02 Å². The number of hydrogen-bond donors (Lipinski definition) is 2. The lowest BCUT2D eigenvalue weighted by atomic mass is 10.2. The van der Waals surface area contributed by atoms with Gasteiger partial charge >= 0.3 is 0 Å². The SMILES string of the molecule is CC(=O)N1CCN(c2ccccc2NC(=S)NC(=O)c2cc(Br)ccc2Cl)CC1. The van der Waals surface area contributed by atoms with Gasteiger partial charge in [0, 0.05) is 37.6 Å². The fourth-order valence-electron chi connectivity index (χ4n) is 3.11. The number of carbonyl (C=O) groups excluding carboxylic acids is 2. The van der Waals surface area contributed by atoms with Crippen LogP contribution in [0.25, 0.3) is 0 Å². The molecule has 0 radical (unpaired) electrons. The quantitative estimate of drug-likeness (QED) is 0.633. The van der Waals surface area contributed by atoms with Crippen LogP contribution in [0.3, 0.4) is 0 Å². The van der Waals surface area contributed by atoms with E-state index < -0.39 is 0 Å². The van der Waals surface area contributed by atoms with E-state index in [0.717, 1.165) is 28.9 Å². The molecule has 0 aliphatic carbocycles. The number of carbonyl (C=O) groups is 2. The number of halogens is 2. The number of hydrogen-bond acceptors (Lipinski definition) is 4. The van der Waals surface area contributed by atoms with Gasteiger partial charge in [-0.15, -0.1) is 0 Å². The van der Waals surface area contributed by atoms with E-state index in [1.807, 2.05) is 29.2 Å². The lowest BCUT2D eigenvalue weighted by Gasteiger charge is -2.36. The second-order valence-electron chi connectivity index (χ2n) is 6.54. The zero-order chi connectivity index (χ0) is 21.0.